The average Bonchev–Trinajstić information content (AvgIpc) is 2.49. The predicted octanol–water partition coefficient (Wildman–Crippen LogP) is 5.14. The van der Waals surface area contributed by atoms with E-state index in [9.17, 15) is 0 Å². The van der Waals surface area contributed by atoms with Crippen molar-refractivity contribution in [3.8, 4) is 11.5 Å². The van der Waals surface area contributed by atoms with E-state index in [1.807, 2.05) is 24.3 Å². The first-order valence-electron chi connectivity index (χ1n) is 8.01. The summed E-state index contributed by atoms with van der Waals surface area (Å²) in [5.41, 5.74) is 0. The zero-order chi connectivity index (χ0) is 15.2. The molecule has 21 heavy (non-hydrogen) atoms. The van der Waals surface area contributed by atoms with Crippen LogP contribution in [-0.2, 0) is 0 Å². The normalized spacial score (nSPS) is 25.9. The summed E-state index contributed by atoms with van der Waals surface area (Å²) in [7, 11) is 1.67. The van der Waals surface area contributed by atoms with Gasteiger partial charge in [-0.3, -0.25) is 0 Å². The van der Waals surface area contributed by atoms with Crippen LogP contribution < -0.4 is 9.47 Å². The number of hydrogen-bond donors (Lipinski definition) is 0. The lowest BCUT2D eigenvalue weighted by Gasteiger charge is -2.35. The third-order valence-electron chi connectivity index (χ3n) is 4.69. The van der Waals surface area contributed by atoms with Crippen molar-refractivity contribution in [1.29, 1.82) is 0 Å². The zero-order valence-corrected chi connectivity index (χ0v) is 14.1. The van der Waals surface area contributed by atoms with Crippen molar-refractivity contribution >= 4 is 11.6 Å². The van der Waals surface area contributed by atoms with Crippen molar-refractivity contribution in [2.45, 2.75) is 44.9 Å². The molecule has 0 saturated heterocycles. The minimum atomic E-state index is 0.307. The van der Waals surface area contributed by atoms with Crippen LogP contribution in [-0.4, -0.2) is 19.1 Å². The largest absolute Gasteiger partial charge is 0.493 e. The fourth-order valence-electron chi connectivity index (χ4n) is 3.23. The maximum absolute atomic E-state index is 6.51. The number of methoxy groups -OCH3 is 1. The minimum absolute atomic E-state index is 0.307. The van der Waals surface area contributed by atoms with Crippen LogP contribution in [0.4, 0.5) is 0 Å². The minimum Gasteiger partial charge on any atom is -0.493 e. The van der Waals surface area contributed by atoms with Crippen molar-refractivity contribution in [3.05, 3.63) is 24.3 Å². The van der Waals surface area contributed by atoms with Crippen molar-refractivity contribution < 1.29 is 9.47 Å². The number of halogens is 1. The van der Waals surface area contributed by atoms with E-state index in [0.717, 1.165) is 36.2 Å². The molecule has 2 nitrogen and oxygen atoms in total. The first-order valence-corrected chi connectivity index (χ1v) is 8.45. The van der Waals surface area contributed by atoms with Crippen molar-refractivity contribution in [1.82, 2.24) is 0 Å². The van der Waals surface area contributed by atoms with Crippen LogP contribution in [0.25, 0.3) is 0 Å². The highest BCUT2D eigenvalue weighted by atomic mass is 35.5. The highest BCUT2D eigenvalue weighted by molar-refractivity contribution is 6.20. The molecule has 3 atom stereocenters. The summed E-state index contributed by atoms with van der Waals surface area (Å²) < 4.78 is 11.2. The Labute approximate surface area is 133 Å². The lowest BCUT2D eigenvalue weighted by molar-refractivity contribution is 0.183. The number of alkyl halides is 1. The van der Waals surface area contributed by atoms with Gasteiger partial charge in [-0.15, -0.1) is 11.6 Å². The second-order valence-corrected chi connectivity index (χ2v) is 6.94. The van der Waals surface area contributed by atoms with E-state index in [-0.39, 0.29) is 0 Å². The van der Waals surface area contributed by atoms with Crippen molar-refractivity contribution in [3.63, 3.8) is 0 Å². The molecule has 0 aromatic heterocycles. The lowest BCUT2D eigenvalue weighted by Crippen LogP contribution is -2.29. The SMILES string of the molecule is COc1ccccc1OCCC1CC(C(C)C)CCC1Cl. The molecule has 1 aromatic carbocycles. The first-order chi connectivity index (χ1) is 10.1. The van der Waals surface area contributed by atoms with E-state index < -0.39 is 0 Å². The zero-order valence-electron chi connectivity index (χ0n) is 13.3. The van der Waals surface area contributed by atoms with Crippen molar-refractivity contribution in [2.24, 2.45) is 17.8 Å². The summed E-state index contributed by atoms with van der Waals surface area (Å²) in [6.07, 6.45) is 4.68. The number of ether oxygens (including phenoxy) is 2. The van der Waals surface area contributed by atoms with Crippen LogP contribution in [0.5, 0.6) is 11.5 Å². The van der Waals surface area contributed by atoms with Gasteiger partial charge in [0.05, 0.1) is 13.7 Å². The molecule has 0 amide bonds. The standard InChI is InChI=1S/C18H27ClO2/c1-13(2)14-8-9-16(19)15(12-14)10-11-21-18-7-5-4-6-17(18)20-3/h4-7,13-16H,8-12H2,1-3H3. The fourth-order valence-corrected chi connectivity index (χ4v) is 3.58. The molecule has 0 bridgehead atoms. The monoisotopic (exact) mass is 310 g/mol. The van der Waals surface area contributed by atoms with Gasteiger partial charge in [0.1, 0.15) is 0 Å². The van der Waals surface area contributed by atoms with Gasteiger partial charge in [0.2, 0.25) is 0 Å². The van der Waals surface area contributed by atoms with E-state index in [1.165, 1.54) is 12.8 Å². The van der Waals surface area contributed by atoms with E-state index >= 15 is 0 Å². The maximum Gasteiger partial charge on any atom is 0.161 e. The van der Waals surface area contributed by atoms with Gasteiger partial charge in [0.15, 0.2) is 11.5 Å². The van der Waals surface area contributed by atoms with Gasteiger partial charge in [0.25, 0.3) is 0 Å². The van der Waals surface area contributed by atoms with Gasteiger partial charge in [-0.05, 0) is 55.6 Å². The third-order valence-corrected chi connectivity index (χ3v) is 5.26. The molecule has 1 aliphatic carbocycles. The topological polar surface area (TPSA) is 18.5 Å². The molecule has 2 rings (SSSR count). The molecular formula is C18H27ClO2. The Hall–Kier alpha value is -0.890. The summed E-state index contributed by atoms with van der Waals surface area (Å²) in [4.78, 5) is 0. The van der Waals surface area contributed by atoms with Gasteiger partial charge < -0.3 is 9.47 Å². The van der Waals surface area contributed by atoms with Crippen LogP contribution in [0.3, 0.4) is 0 Å². The predicted molar refractivity (Wildman–Crippen MR) is 88.4 cm³/mol. The van der Waals surface area contributed by atoms with Gasteiger partial charge >= 0.3 is 0 Å². The molecule has 1 fully saturated rings. The Morgan fingerprint density at radius 3 is 2.57 bits per heavy atom. The van der Waals surface area contributed by atoms with Gasteiger partial charge in [-0.25, -0.2) is 0 Å². The molecule has 0 spiro atoms. The second kappa shape index (κ2) is 7.93. The molecule has 0 N–H and O–H groups in total. The summed E-state index contributed by atoms with van der Waals surface area (Å²) >= 11 is 6.51. The van der Waals surface area contributed by atoms with Gasteiger partial charge in [0, 0.05) is 5.38 Å². The highest BCUT2D eigenvalue weighted by Crippen LogP contribution is 2.38. The Bertz CT molecular complexity index is 433. The molecular weight excluding hydrogens is 284 g/mol. The third kappa shape index (κ3) is 4.54. The summed E-state index contributed by atoms with van der Waals surface area (Å²) in [6, 6.07) is 7.80. The Morgan fingerprint density at radius 2 is 1.90 bits per heavy atom. The van der Waals surface area contributed by atoms with Gasteiger partial charge in [-0.2, -0.15) is 0 Å². The second-order valence-electron chi connectivity index (χ2n) is 6.38. The van der Waals surface area contributed by atoms with E-state index in [0.29, 0.717) is 17.9 Å². The molecule has 1 aliphatic rings. The molecule has 0 radical (unpaired) electrons. The van der Waals surface area contributed by atoms with Gasteiger partial charge in [-0.1, -0.05) is 26.0 Å². The fraction of sp³-hybridized carbons (Fsp3) is 0.667. The van der Waals surface area contributed by atoms with Crippen molar-refractivity contribution in [2.75, 3.05) is 13.7 Å². The smallest absolute Gasteiger partial charge is 0.161 e. The molecule has 1 saturated carbocycles. The summed E-state index contributed by atoms with van der Waals surface area (Å²) in [5.74, 6) is 3.76. The molecule has 1 aromatic rings. The Morgan fingerprint density at radius 1 is 1.19 bits per heavy atom. The lowest BCUT2D eigenvalue weighted by atomic mass is 9.75. The highest BCUT2D eigenvalue weighted by Gasteiger charge is 2.30. The summed E-state index contributed by atoms with van der Waals surface area (Å²) in [5, 5.41) is 0.307. The number of benzene rings is 1. The van der Waals surface area contributed by atoms with Crippen LogP contribution in [0, 0.1) is 17.8 Å². The number of para-hydroxylation sites is 2. The summed E-state index contributed by atoms with van der Waals surface area (Å²) in [6.45, 7) is 5.35. The molecule has 0 aliphatic heterocycles. The van der Waals surface area contributed by atoms with E-state index in [2.05, 4.69) is 13.8 Å². The quantitative estimate of drug-likeness (QED) is 0.677. The Kier molecular flexibility index (Phi) is 6.22. The van der Waals surface area contributed by atoms with E-state index in [1.54, 1.807) is 7.11 Å². The first kappa shape index (κ1) is 16.5. The van der Waals surface area contributed by atoms with Crippen LogP contribution >= 0.6 is 11.6 Å². The molecule has 0 heterocycles. The molecule has 3 unspecified atom stereocenters. The number of rotatable bonds is 6. The number of hydrogen-bond acceptors (Lipinski definition) is 2. The maximum atomic E-state index is 6.51. The van der Waals surface area contributed by atoms with Crippen LogP contribution in [0.1, 0.15) is 39.5 Å². The molecule has 3 heteroatoms. The van der Waals surface area contributed by atoms with Crippen LogP contribution in [0.2, 0.25) is 0 Å². The molecule has 118 valence electrons. The van der Waals surface area contributed by atoms with Crippen LogP contribution in [0.15, 0.2) is 24.3 Å². The Balaban J connectivity index is 1.84. The average molecular weight is 311 g/mol. The van der Waals surface area contributed by atoms with E-state index in [4.69, 9.17) is 21.1 Å².